The van der Waals surface area contributed by atoms with Gasteiger partial charge in [-0.3, -0.25) is 4.79 Å². The third-order valence-corrected chi connectivity index (χ3v) is 6.03. The van der Waals surface area contributed by atoms with Gasteiger partial charge in [-0.2, -0.15) is 0 Å². The van der Waals surface area contributed by atoms with Crippen molar-refractivity contribution in [1.29, 1.82) is 0 Å². The van der Waals surface area contributed by atoms with Crippen LogP contribution < -0.4 is 16.2 Å². The molecule has 3 N–H and O–H groups in total. The van der Waals surface area contributed by atoms with Crippen LogP contribution in [0.1, 0.15) is 49.4 Å². The molecular formula is C21H27N5O3S. The first-order chi connectivity index (χ1) is 14.3. The summed E-state index contributed by atoms with van der Waals surface area (Å²) in [5.74, 6) is -0.115. The molecule has 0 spiro atoms. The van der Waals surface area contributed by atoms with Crippen LogP contribution in [0.2, 0.25) is 0 Å². The Morgan fingerprint density at radius 2 is 2.00 bits per heavy atom. The van der Waals surface area contributed by atoms with Crippen LogP contribution >= 0.6 is 11.3 Å². The number of fused-ring (bicyclic) bond motifs is 1. The van der Waals surface area contributed by atoms with E-state index in [2.05, 4.69) is 21.2 Å². The lowest BCUT2D eigenvalue weighted by Crippen LogP contribution is -2.39. The Labute approximate surface area is 180 Å². The van der Waals surface area contributed by atoms with Crippen molar-refractivity contribution in [2.75, 3.05) is 11.9 Å². The average molecular weight is 430 g/mol. The van der Waals surface area contributed by atoms with Gasteiger partial charge in [0.05, 0.1) is 12.2 Å². The highest BCUT2D eigenvalue weighted by Crippen LogP contribution is 2.30. The van der Waals surface area contributed by atoms with Crippen LogP contribution in [-0.2, 0) is 22.5 Å². The highest BCUT2D eigenvalue weighted by molar-refractivity contribution is 7.15. The van der Waals surface area contributed by atoms with Gasteiger partial charge in [0.15, 0.2) is 5.13 Å². The van der Waals surface area contributed by atoms with Gasteiger partial charge in [-0.05, 0) is 32.8 Å². The lowest BCUT2D eigenvalue weighted by molar-refractivity contribution is -0.117. The summed E-state index contributed by atoms with van der Waals surface area (Å²) in [6, 6.07) is 9.80. The Hall–Kier alpha value is -2.49. The molecule has 2 aliphatic rings. The first kappa shape index (κ1) is 20.8. The number of hydrazine groups is 1. The summed E-state index contributed by atoms with van der Waals surface area (Å²) < 4.78 is 5.46. The molecule has 2 aromatic rings. The largest absolute Gasteiger partial charge is 0.444 e. The molecule has 0 aliphatic carbocycles. The highest BCUT2D eigenvalue weighted by atomic mass is 32.1. The first-order valence-electron chi connectivity index (χ1n) is 10.1. The Bertz CT molecular complexity index is 924. The van der Waals surface area contributed by atoms with Crippen LogP contribution in [-0.4, -0.2) is 40.1 Å². The second-order valence-corrected chi connectivity index (χ2v) is 9.65. The standard InChI is InChI=1S/C21H27N5O3S/c1-21(2,3)29-20(28)26-10-9-14-17(12-26)30-19(22-14)23-18(27)16-11-15(24-25-16)13-7-5-4-6-8-13/h4-8,15-16,24-25H,9-12H2,1-3H3,(H,22,23,27). The third kappa shape index (κ3) is 4.80. The molecule has 1 aromatic heterocycles. The van der Waals surface area contributed by atoms with E-state index in [-0.39, 0.29) is 24.1 Å². The molecule has 1 aromatic carbocycles. The van der Waals surface area contributed by atoms with Gasteiger partial charge in [0, 0.05) is 23.9 Å². The molecule has 30 heavy (non-hydrogen) atoms. The van der Waals surface area contributed by atoms with Crippen LogP contribution in [0.4, 0.5) is 9.93 Å². The number of benzene rings is 1. The normalized spacial score (nSPS) is 21.2. The van der Waals surface area contributed by atoms with Crippen molar-refractivity contribution in [3.8, 4) is 0 Å². The fourth-order valence-electron chi connectivity index (χ4n) is 3.56. The van der Waals surface area contributed by atoms with Crippen molar-refractivity contribution in [3.05, 3.63) is 46.5 Å². The summed E-state index contributed by atoms with van der Waals surface area (Å²) in [6.07, 6.45) is 0.994. The minimum Gasteiger partial charge on any atom is -0.444 e. The minimum absolute atomic E-state index is 0.0915. The van der Waals surface area contributed by atoms with Gasteiger partial charge >= 0.3 is 6.09 Å². The summed E-state index contributed by atoms with van der Waals surface area (Å²) in [7, 11) is 0. The Kier molecular flexibility index (Phi) is 5.77. The van der Waals surface area contributed by atoms with Gasteiger partial charge < -0.3 is 15.0 Å². The zero-order valence-corrected chi connectivity index (χ0v) is 18.2. The maximum atomic E-state index is 12.7. The molecule has 9 heteroatoms. The number of carbonyl (C=O) groups is 2. The number of hydrogen-bond donors (Lipinski definition) is 3. The number of thiazole rings is 1. The molecule has 0 bridgehead atoms. The van der Waals surface area contributed by atoms with Crippen LogP contribution in [0, 0.1) is 0 Å². The molecule has 1 fully saturated rings. The number of carbonyl (C=O) groups excluding carboxylic acids is 2. The predicted molar refractivity (Wildman–Crippen MR) is 115 cm³/mol. The molecule has 2 aliphatic heterocycles. The Morgan fingerprint density at radius 1 is 1.23 bits per heavy atom. The fourth-order valence-corrected chi connectivity index (χ4v) is 4.58. The van der Waals surface area contributed by atoms with Crippen LogP contribution in [0.25, 0.3) is 0 Å². The molecule has 2 unspecified atom stereocenters. The smallest absolute Gasteiger partial charge is 0.410 e. The minimum atomic E-state index is -0.524. The molecule has 0 radical (unpaired) electrons. The van der Waals surface area contributed by atoms with Crippen LogP contribution in [0.5, 0.6) is 0 Å². The lowest BCUT2D eigenvalue weighted by Gasteiger charge is -2.29. The van der Waals surface area contributed by atoms with Gasteiger partial charge in [-0.25, -0.2) is 20.6 Å². The van der Waals surface area contributed by atoms with Crippen LogP contribution in [0.15, 0.2) is 30.3 Å². The van der Waals surface area contributed by atoms with Gasteiger partial charge in [-0.1, -0.05) is 41.7 Å². The molecular weight excluding hydrogens is 402 g/mol. The van der Waals surface area contributed by atoms with E-state index in [1.54, 1.807) is 4.90 Å². The summed E-state index contributed by atoms with van der Waals surface area (Å²) in [4.78, 5) is 32.3. The quantitative estimate of drug-likeness (QED) is 0.694. The molecule has 2 amide bonds. The topological polar surface area (TPSA) is 95.6 Å². The zero-order valence-electron chi connectivity index (χ0n) is 17.4. The van der Waals surface area contributed by atoms with Gasteiger partial charge in [0.2, 0.25) is 5.91 Å². The van der Waals surface area contributed by atoms with E-state index >= 15 is 0 Å². The van der Waals surface area contributed by atoms with Crippen LogP contribution in [0.3, 0.4) is 0 Å². The molecule has 4 rings (SSSR count). The molecule has 3 heterocycles. The highest BCUT2D eigenvalue weighted by Gasteiger charge is 2.32. The van der Waals surface area contributed by atoms with Crippen molar-refractivity contribution < 1.29 is 14.3 Å². The third-order valence-electron chi connectivity index (χ3n) is 5.03. The van der Waals surface area contributed by atoms with Crippen molar-refractivity contribution in [3.63, 3.8) is 0 Å². The van der Waals surface area contributed by atoms with Crippen molar-refractivity contribution in [2.45, 2.75) is 57.8 Å². The monoisotopic (exact) mass is 429 g/mol. The van der Waals surface area contributed by atoms with Crippen molar-refractivity contribution in [2.24, 2.45) is 0 Å². The van der Waals surface area contributed by atoms with E-state index < -0.39 is 5.60 Å². The van der Waals surface area contributed by atoms with Gasteiger partial charge in [0.1, 0.15) is 11.6 Å². The second kappa shape index (κ2) is 8.33. The van der Waals surface area contributed by atoms with E-state index in [0.717, 1.165) is 16.1 Å². The number of rotatable bonds is 3. The fraction of sp³-hybridized carbons (Fsp3) is 0.476. The van der Waals surface area contributed by atoms with Gasteiger partial charge in [-0.15, -0.1) is 0 Å². The molecule has 2 atom stereocenters. The number of amides is 2. The molecule has 8 nitrogen and oxygen atoms in total. The summed E-state index contributed by atoms with van der Waals surface area (Å²) >= 11 is 1.42. The molecule has 1 saturated heterocycles. The number of ether oxygens (including phenoxy) is 1. The van der Waals surface area contributed by atoms with E-state index in [0.29, 0.717) is 31.1 Å². The Morgan fingerprint density at radius 3 is 2.73 bits per heavy atom. The maximum absolute atomic E-state index is 12.7. The van der Waals surface area contributed by atoms with Crippen molar-refractivity contribution in [1.82, 2.24) is 20.7 Å². The summed E-state index contributed by atoms with van der Waals surface area (Å²) in [5, 5.41) is 3.50. The summed E-state index contributed by atoms with van der Waals surface area (Å²) in [5.41, 5.74) is 7.83. The maximum Gasteiger partial charge on any atom is 0.410 e. The predicted octanol–water partition coefficient (Wildman–Crippen LogP) is 2.98. The molecule has 0 saturated carbocycles. The average Bonchev–Trinajstić information content (AvgIpc) is 3.33. The number of anilines is 1. The van der Waals surface area contributed by atoms with Crippen molar-refractivity contribution >= 4 is 28.5 Å². The number of hydrogen-bond acceptors (Lipinski definition) is 7. The van der Waals surface area contributed by atoms with E-state index in [1.165, 1.54) is 11.3 Å². The Balaban J connectivity index is 1.35. The number of aromatic nitrogens is 1. The first-order valence-corrected chi connectivity index (χ1v) is 10.9. The van der Waals surface area contributed by atoms with E-state index in [9.17, 15) is 9.59 Å². The van der Waals surface area contributed by atoms with E-state index in [1.807, 2.05) is 51.1 Å². The SMILES string of the molecule is CC(C)(C)OC(=O)N1CCc2nc(NC(=O)C3CC(c4ccccc4)NN3)sc2C1. The second-order valence-electron chi connectivity index (χ2n) is 8.57. The zero-order chi connectivity index (χ0) is 21.3. The lowest BCUT2D eigenvalue weighted by atomic mass is 10.0. The molecule has 160 valence electrons. The van der Waals surface area contributed by atoms with E-state index in [4.69, 9.17) is 4.74 Å². The number of nitrogens with one attached hydrogen (secondary N) is 3. The number of nitrogens with zero attached hydrogens (tertiary/aromatic N) is 2. The van der Waals surface area contributed by atoms with Gasteiger partial charge in [0.25, 0.3) is 0 Å². The summed E-state index contributed by atoms with van der Waals surface area (Å²) in [6.45, 7) is 6.58.